The van der Waals surface area contributed by atoms with Crippen molar-refractivity contribution in [1.82, 2.24) is 20.2 Å². The van der Waals surface area contributed by atoms with Crippen LogP contribution in [0.2, 0.25) is 0 Å². The number of fused-ring (bicyclic) bond motifs is 1. The van der Waals surface area contributed by atoms with Crippen molar-refractivity contribution in [3.8, 4) is 11.5 Å². The Morgan fingerprint density at radius 1 is 1.03 bits per heavy atom. The molecule has 0 atom stereocenters. The van der Waals surface area contributed by atoms with Gasteiger partial charge in [-0.2, -0.15) is 4.98 Å². The maximum atomic E-state index is 11.3. The minimum Gasteiger partial charge on any atom is -0.493 e. The van der Waals surface area contributed by atoms with Crippen molar-refractivity contribution < 1.29 is 14.3 Å². The van der Waals surface area contributed by atoms with Crippen molar-refractivity contribution in [3.63, 3.8) is 0 Å². The second-order valence-electron chi connectivity index (χ2n) is 9.63. The number of carbonyl (C=O) groups is 1. The number of piperidine rings is 1. The summed E-state index contributed by atoms with van der Waals surface area (Å²) in [4.78, 5) is 23.5. The number of hydrogen-bond donors (Lipinski definition) is 3. The Morgan fingerprint density at radius 3 is 2.42 bits per heavy atom. The molecule has 0 unspecified atom stereocenters. The van der Waals surface area contributed by atoms with Crippen molar-refractivity contribution in [3.05, 3.63) is 12.1 Å². The number of unbranched alkanes of at least 4 members (excludes halogenated alkanes) is 1. The molecule has 2 aromatic rings. The second-order valence-corrected chi connectivity index (χ2v) is 9.90. The molecular formula is C26H39ClN6O3. The monoisotopic (exact) mass is 518 g/mol. The van der Waals surface area contributed by atoms with Gasteiger partial charge in [0.1, 0.15) is 11.7 Å². The van der Waals surface area contributed by atoms with E-state index < -0.39 is 0 Å². The molecule has 4 rings (SSSR count). The molecule has 2 heterocycles. The highest BCUT2D eigenvalue weighted by atomic mass is 35.5. The number of ether oxygens (including phenoxy) is 2. The number of hydrogen-bond acceptors (Lipinski definition) is 8. The van der Waals surface area contributed by atoms with Crippen molar-refractivity contribution >= 4 is 40.2 Å². The first-order valence-electron chi connectivity index (χ1n) is 13.1. The van der Waals surface area contributed by atoms with Crippen molar-refractivity contribution in [2.24, 2.45) is 0 Å². The van der Waals surface area contributed by atoms with E-state index in [0.717, 1.165) is 61.5 Å². The number of benzene rings is 1. The maximum absolute atomic E-state index is 11.3. The van der Waals surface area contributed by atoms with Gasteiger partial charge in [-0.15, -0.1) is 11.6 Å². The average molecular weight is 519 g/mol. The van der Waals surface area contributed by atoms with Gasteiger partial charge >= 0.3 is 0 Å². The molecule has 198 valence electrons. The molecule has 1 saturated heterocycles. The van der Waals surface area contributed by atoms with Gasteiger partial charge in [0, 0.05) is 49.7 Å². The lowest BCUT2D eigenvalue weighted by Gasteiger charge is -2.36. The second kappa shape index (κ2) is 13.1. The number of alkyl halides is 1. The number of anilines is 2. The number of amides is 1. The number of likely N-dealkylation sites (tertiary alicyclic amines) is 1. The van der Waals surface area contributed by atoms with E-state index in [0.29, 0.717) is 36.6 Å². The summed E-state index contributed by atoms with van der Waals surface area (Å²) in [6, 6.07) is 5.00. The van der Waals surface area contributed by atoms with Gasteiger partial charge in [0.25, 0.3) is 0 Å². The molecule has 10 heteroatoms. The normalized spacial score (nSPS) is 17.3. The van der Waals surface area contributed by atoms with Crippen LogP contribution < -0.4 is 25.4 Å². The van der Waals surface area contributed by atoms with Crippen LogP contribution in [-0.4, -0.2) is 79.1 Å². The van der Waals surface area contributed by atoms with Crippen LogP contribution in [0.25, 0.3) is 10.9 Å². The number of methoxy groups -OCH3 is 2. The fourth-order valence-corrected chi connectivity index (χ4v) is 5.34. The SMILES string of the molecule is COc1cc2nc(NCCCCNC(=O)CCl)nc(NC3CCN(C4CCCC4)CC3)c2cc1OC. The highest BCUT2D eigenvalue weighted by molar-refractivity contribution is 6.27. The van der Waals surface area contributed by atoms with Crippen molar-refractivity contribution in [2.45, 2.75) is 63.5 Å². The third kappa shape index (κ3) is 6.82. The molecule has 1 aromatic carbocycles. The highest BCUT2D eigenvalue weighted by Gasteiger charge is 2.27. The fraction of sp³-hybridized carbons (Fsp3) is 0.654. The molecule has 2 fully saturated rings. The Bertz CT molecular complexity index is 1010. The summed E-state index contributed by atoms with van der Waals surface area (Å²) < 4.78 is 11.1. The topological polar surface area (TPSA) is 101 Å². The minimum atomic E-state index is -0.142. The molecule has 36 heavy (non-hydrogen) atoms. The molecule has 0 spiro atoms. The van der Waals surface area contributed by atoms with Crippen LogP contribution in [0.4, 0.5) is 11.8 Å². The zero-order chi connectivity index (χ0) is 25.3. The van der Waals surface area contributed by atoms with Gasteiger partial charge in [-0.1, -0.05) is 12.8 Å². The molecule has 1 aromatic heterocycles. The zero-order valence-corrected chi connectivity index (χ0v) is 22.2. The number of rotatable bonds is 12. The largest absolute Gasteiger partial charge is 0.493 e. The predicted molar refractivity (Wildman–Crippen MR) is 145 cm³/mol. The summed E-state index contributed by atoms with van der Waals surface area (Å²) in [7, 11) is 3.27. The number of nitrogens with zero attached hydrogens (tertiary/aromatic N) is 3. The van der Waals surface area contributed by atoms with Crippen LogP contribution in [0.3, 0.4) is 0 Å². The van der Waals surface area contributed by atoms with E-state index in [4.69, 9.17) is 31.0 Å². The quantitative estimate of drug-likeness (QED) is 0.286. The van der Waals surface area contributed by atoms with Crippen LogP contribution >= 0.6 is 11.6 Å². The highest BCUT2D eigenvalue weighted by Crippen LogP contribution is 2.35. The van der Waals surface area contributed by atoms with E-state index in [1.807, 2.05) is 12.1 Å². The number of halogens is 1. The van der Waals surface area contributed by atoms with Crippen LogP contribution in [0.5, 0.6) is 11.5 Å². The maximum Gasteiger partial charge on any atom is 0.234 e. The Labute approximate surface area is 218 Å². The van der Waals surface area contributed by atoms with Gasteiger partial charge in [0.05, 0.1) is 19.7 Å². The van der Waals surface area contributed by atoms with E-state index in [1.165, 1.54) is 25.7 Å². The molecule has 0 radical (unpaired) electrons. The zero-order valence-electron chi connectivity index (χ0n) is 21.4. The molecule has 2 aliphatic rings. The first kappa shape index (κ1) is 26.5. The lowest BCUT2D eigenvalue weighted by molar-refractivity contribution is -0.118. The minimum absolute atomic E-state index is 0.00713. The van der Waals surface area contributed by atoms with Gasteiger partial charge in [0.15, 0.2) is 11.5 Å². The number of aromatic nitrogens is 2. The average Bonchev–Trinajstić information content (AvgIpc) is 3.45. The summed E-state index contributed by atoms with van der Waals surface area (Å²) >= 11 is 5.52. The summed E-state index contributed by atoms with van der Waals surface area (Å²) in [5.74, 6) is 2.54. The Kier molecular flexibility index (Phi) is 9.69. The van der Waals surface area contributed by atoms with E-state index >= 15 is 0 Å². The molecular weight excluding hydrogens is 480 g/mol. The van der Waals surface area contributed by atoms with Gasteiger partial charge < -0.3 is 30.3 Å². The Balaban J connectivity index is 1.44. The summed E-state index contributed by atoms with van der Waals surface area (Å²) in [6.07, 6.45) is 9.38. The van der Waals surface area contributed by atoms with Gasteiger partial charge in [-0.05, 0) is 44.6 Å². The third-order valence-electron chi connectivity index (χ3n) is 7.24. The molecule has 1 amide bonds. The van der Waals surface area contributed by atoms with Crippen LogP contribution in [0.1, 0.15) is 51.4 Å². The molecule has 9 nitrogen and oxygen atoms in total. The van der Waals surface area contributed by atoms with Gasteiger partial charge in [0.2, 0.25) is 11.9 Å². The Morgan fingerprint density at radius 2 is 1.72 bits per heavy atom. The van der Waals surface area contributed by atoms with Crippen molar-refractivity contribution in [2.75, 3.05) is 56.9 Å². The van der Waals surface area contributed by atoms with E-state index in [2.05, 4.69) is 20.9 Å². The van der Waals surface area contributed by atoms with Crippen LogP contribution in [0.15, 0.2) is 12.1 Å². The molecule has 1 saturated carbocycles. The number of carbonyl (C=O) groups excluding carboxylic acids is 1. The van der Waals surface area contributed by atoms with E-state index in [9.17, 15) is 4.79 Å². The summed E-state index contributed by atoms with van der Waals surface area (Å²) in [6.45, 7) is 3.58. The molecule has 0 bridgehead atoms. The lowest BCUT2D eigenvalue weighted by Crippen LogP contribution is -2.43. The molecule has 1 aliphatic carbocycles. The van der Waals surface area contributed by atoms with Crippen LogP contribution in [0, 0.1) is 0 Å². The van der Waals surface area contributed by atoms with Gasteiger partial charge in [-0.3, -0.25) is 4.79 Å². The lowest BCUT2D eigenvalue weighted by atomic mass is 10.0. The van der Waals surface area contributed by atoms with Crippen molar-refractivity contribution in [1.29, 1.82) is 0 Å². The molecule has 3 N–H and O–H groups in total. The standard InChI is InChI=1S/C26H39ClN6O3/c1-35-22-15-20-21(16-23(22)36-2)31-26(29-12-6-5-11-28-24(34)17-27)32-25(20)30-18-9-13-33(14-10-18)19-7-3-4-8-19/h15-16,18-19H,3-14,17H2,1-2H3,(H,28,34)(H2,29,30,31,32). The first-order chi connectivity index (χ1) is 17.6. The summed E-state index contributed by atoms with van der Waals surface area (Å²) in [5, 5.41) is 10.8. The Hall–Kier alpha value is -2.52. The predicted octanol–water partition coefficient (Wildman–Crippen LogP) is 4.01. The van der Waals surface area contributed by atoms with Gasteiger partial charge in [-0.25, -0.2) is 4.98 Å². The van der Waals surface area contributed by atoms with E-state index in [-0.39, 0.29) is 11.8 Å². The third-order valence-corrected chi connectivity index (χ3v) is 7.49. The van der Waals surface area contributed by atoms with Crippen LogP contribution in [-0.2, 0) is 4.79 Å². The summed E-state index contributed by atoms with van der Waals surface area (Å²) in [5.41, 5.74) is 0.797. The molecule has 1 aliphatic heterocycles. The van der Waals surface area contributed by atoms with E-state index in [1.54, 1.807) is 14.2 Å². The fourth-order valence-electron chi connectivity index (χ4n) is 5.24. The first-order valence-corrected chi connectivity index (χ1v) is 13.7. The smallest absolute Gasteiger partial charge is 0.234 e. The number of nitrogens with one attached hydrogen (secondary N) is 3.